The van der Waals surface area contributed by atoms with Gasteiger partial charge in [0.05, 0.1) is 19.8 Å². The quantitative estimate of drug-likeness (QED) is 0.653. The highest BCUT2D eigenvalue weighted by atomic mass is 19.4. The lowest BCUT2D eigenvalue weighted by Gasteiger charge is -2.30. The molecule has 1 saturated heterocycles. The van der Waals surface area contributed by atoms with E-state index < -0.39 is 18.6 Å². The Bertz CT molecular complexity index is 187. The highest BCUT2D eigenvalue weighted by Crippen LogP contribution is 2.35. The number of morpholine rings is 1. The van der Waals surface area contributed by atoms with Crippen LogP contribution < -0.4 is 0 Å². The van der Waals surface area contributed by atoms with Crippen LogP contribution in [0.15, 0.2) is 0 Å². The van der Waals surface area contributed by atoms with Crippen LogP contribution in [0.5, 0.6) is 0 Å². The molecule has 0 spiro atoms. The number of halogens is 5. The van der Waals surface area contributed by atoms with E-state index in [2.05, 4.69) is 0 Å². The van der Waals surface area contributed by atoms with Crippen LogP contribution in [-0.2, 0) is 4.74 Å². The third-order valence-corrected chi connectivity index (χ3v) is 1.94. The molecule has 0 N–H and O–H groups in total. The molecule has 1 aliphatic heterocycles. The van der Waals surface area contributed by atoms with Crippen molar-refractivity contribution in [2.24, 2.45) is 0 Å². The predicted molar refractivity (Wildman–Crippen MR) is 38.3 cm³/mol. The summed E-state index contributed by atoms with van der Waals surface area (Å²) in [5.74, 6) is -4.63. The van der Waals surface area contributed by atoms with Crippen molar-refractivity contribution in [1.29, 1.82) is 0 Å². The normalized spacial score (nSPS) is 21.2. The molecular formula is C7H10F5NO. The molecular weight excluding hydrogens is 209 g/mol. The summed E-state index contributed by atoms with van der Waals surface area (Å²) < 4.78 is 65.2. The lowest BCUT2D eigenvalue weighted by Crippen LogP contribution is -2.50. The molecule has 1 rings (SSSR count). The molecule has 7 heteroatoms. The van der Waals surface area contributed by atoms with Crippen LogP contribution >= 0.6 is 0 Å². The number of rotatable bonds is 2. The molecule has 0 amide bonds. The molecule has 0 aliphatic carbocycles. The van der Waals surface area contributed by atoms with Gasteiger partial charge in [-0.3, -0.25) is 4.90 Å². The molecule has 1 heterocycles. The third kappa shape index (κ3) is 2.78. The van der Waals surface area contributed by atoms with Crippen LogP contribution in [0.3, 0.4) is 0 Å². The predicted octanol–water partition coefficient (Wildman–Crippen LogP) is 1.52. The second kappa shape index (κ2) is 3.98. The van der Waals surface area contributed by atoms with E-state index in [0.29, 0.717) is 0 Å². The molecule has 84 valence electrons. The highest BCUT2D eigenvalue weighted by molar-refractivity contribution is 4.80. The Morgan fingerprint density at radius 1 is 1.00 bits per heavy atom. The number of hydrogen-bond acceptors (Lipinski definition) is 2. The fraction of sp³-hybridized carbons (Fsp3) is 1.00. The summed E-state index contributed by atoms with van der Waals surface area (Å²) in [7, 11) is 0. The van der Waals surface area contributed by atoms with Gasteiger partial charge in [-0.15, -0.1) is 0 Å². The summed E-state index contributed by atoms with van der Waals surface area (Å²) in [5, 5.41) is 0. The van der Waals surface area contributed by atoms with Gasteiger partial charge >= 0.3 is 12.1 Å². The molecule has 0 bridgehead atoms. The number of alkyl halides is 5. The molecule has 0 unspecified atom stereocenters. The van der Waals surface area contributed by atoms with Gasteiger partial charge in [0.25, 0.3) is 0 Å². The van der Waals surface area contributed by atoms with Crippen LogP contribution in [0, 0.1) is 0 Å². The zero-order chi connectivity index (χ0) is 10.8. The lowest BCUT2D eigenvalue weighted by atomic mass is 10.3. The van der Waals surface area contributed by atoms with Crippen LogP contribution in [-0.4, -0.2) is 49.8 Å². The lowest BCUT2D eigenvalue weighted by molar-refractivity contribution is -0.287. The van der Waals surface area contributed by atoms with Crippen molar-refractivity contribution in [3.05, 3.63) is 0 Å². The summed E-state index contributed by atoms with van der Waals surface area (Å²) in [6.45, 7) is -0.640. The zero-order valence-corrected chi connectivity index (χ0v) is 7.28. The first-order valence-corrected chi connectivity index (χ1v) is 4.07. The molecule has 0 atom stereocenters. The Hall–Kier alpha value is -0.430. The maximum absolute atomic E-state index is 12.5. The average Bonchev–Trinajstić information content (AvgIpc) is 2.03. The Balaban J connectivity index is 2.49. The standard InChI is InChI=1S/C7H10F5NO/c8-6(9,7(10,11)12)5-13-1-3-14-4-2-13/h1-5H2. The van der Waals surface area contributed by atoms with Gasteiger partial charge in [0.15, 0.2) is 0 Å². The topological polar surface area (TPSA) is 12.5 Å². The van der Waals surface area contributed by atoms with Crippen LogP contribution in [0.4, 0.5) is 22.0 Å². The third-order valence-electron chi connectivity index (χ3n) is 1.94. The van der Waals surface area contributed by atoms with Crippen LogP contribution in [0.1, 0.15) is 0 Å². The number of ether oxygens (including phenoxy) is 1. The minimum absolute atomic E-state index is 0.117. The summed E-state index contributed by atoms with van der Waals surface area (Å²) in [6, 6.07) is 0. The Kier molecular flexibility index (Phi) is 3.31. The summed E-state index contributed by atoms with van der Waals surface area (Å²) in [4.78, 5) is 1.05. The first-order valence-electron chi connectivity index (χ1n) is 4.07. The summed E-state index contributed by atoms with van der Waals surface area (Å²) in [5.41, 5.74) is 0. The van der Waals surface area contributed by atoms with E-state index in [4.69, 9.17) is 4.74 Å². The van der Waals surface area contributed by atoms with Crippen molar-refractivity contribution in [3.8, 4) is 0 Å². The van der Waals surface area contributed by atoms with Crippen LogP contribution in [0.2, 0.25) is 0 Å². The maximum Gasteiger partial charge on any atom is 0.454 e. The van der Waals surface area contributed by atoms with E-state index in [0.717, 1.165) is 4.90 Å². The molecule has 1 fully saturated rings. The van der Waals surface area contributed by atoms with E-state index >= 15 is 0 Å². The van der Waals surface area contributed by atoms with Gasteiger partial charge in [0.1, 0.15) is 0 Å². The minimum Gasteiger partial charge on any atom is -0.379 e. The van der Waals surface area contributed by atoms with E-state index in [1.54, 1.807) is 0 Å². The zero-order valence-electron chi connectivity index (χ0n) is 7.28. The number of nitrogens with zero attached hydrogens (tertiary/aromatic N) is 1. The Morgan fingerprint density at radius 2 is 1.50 bits per heavy atom. The van der Waals surface area contributed by atoms with E-state index in [1.165, 1.54) is 0 Å². The van der Waals surface area contributed by atoms with Crippen molar-refractivity contribution in [2.75, 3.05) is 32.8 Å². The van der Waals surface area contributed by atoms with Gasteiger partial charge in [-0.25, -0.2) is 0 Å². The molecule has 0 radical (unpaired) electrons. The minimum atomic E-state index is -5.47. The van der Waals surface area contributed by atoms with Crippen molar-refractivity contribution in [1.82, 2.24) is 4.90 Å². The van der Waals surface area contributed by atoms with E-state index in [1.807, 2.05) is 0 Å². The largest absolute Gasteiger partial charge is 0.454 e. The summed E-state index contributed by atoms with van der Waals surface area (Å²) in [6.07, 6.45) is -5.47. The molecule has 14 heavy (non-hydrogen) atoms. The van der Waals surface area contributed by atoms with Gasteiger partial charge < -0.3 is 4.74 Å². The van der Waals surface area contributed by atoms with Gasteiger partial charge in [0.2, 0.25) is 0 Å². The van der Waals surface area contributed by atoms with Crippen molar-refractivity contribution in [2.45, 2.75) is 12.1 Å². The number of hydrogen-bond donors (Lipinski definition) is 0. The van der Waals surface area contributed by atoms with Crippen molar-refractivity contribution in [3.63, 3.8) is 0 Å². The second-order valence-electron chi connectivity index (χ2n) is 3.09. The fourth-order valence-electron chi connectivity index (χ4n) is 1.13. The first kappa shape index (κ1) is 11.6. The SMILES string of the molecule is FC(F)(F)C(F)(F)CN1CCOCC1. The first-order chi connectivity index (χ1) is 6.33. The van der Waals surface area contributed by atoms with Gasteiger partial charge in [-0.2, -0.15) is 22.0 Å². The molecule has 1 aliphatic rings. The van der Waals surface area contributed by atoms with Crippen LogP contribution in [0.25, 0.3) is 0 Å². The van der Waals surface area contributed by atoms with Crippen molar-refractivity contribution < 1.29 is 26.7 Å². The van der Waals surface area contributed by atoms with E-state index in [-0.39, 0.29) is 26.3 Å². The van der Waals surface area contributed by atoms with Crippen molar-refractivity contribution >= 4 is 0 Å². The van der Waals surface area contributed by atoms with E-state index in [9.17, 15) is 22.0 Å². The maximum atomic E-state index is 12.5. The summed E-state index contributed by atoms with van der Waals surface area (Å²) >= 11 is 0. The molecule has 0 aromatic carbocycles. The van der Waals surface area contributed by atoms with Gasteiger partial charge in [-0.05, 0) is 0 Å². The fourth-order valence-corrected chi connectivity index (χ4v) is 1.13. The Labute approximate surface area is 77.6 Å². The molecule has 0 saturated carbocycles. The second-order valence-corrected chi connectivity index (χ2v) is 3.09. The average molecular weight is 219 g/mol. The Morgan fingerprint density at radius 3 is 1.93 bits per heavy atom. The van der Waals surface area contributed by atoms with Gasteiger partial charge in [0, 0.05) is 13.1 Å². The smallest absolute Gasteiger partial charge is 0.379 e. The monoisotopic (exact) mass is 219 g/mol. The molecule has 0 aromatic heterocycles. The molecule has 2 nitrogen and oxygen atoms in total. The van der Waals surface area contributed by atoms with Gasteiger partial charge in [-0.1, -0.05) is 0 Å². The molecule has 0 aromatic rings. The highest BCUT2D eigenvalue weighted by Gasteiger charge is 2.57.